The quantitative estimate of drug-likeness (QED) is 0.741. The van der Waals surface area contributed by atoms with Crippen molar-refractivity contribution in [2.45, 2.75) is 12.6 Å². The average Bonchev–Trinajstić information content (AvgIpc) is 2.61. The zero-order valence-electron chi connectivity index (χ0n) is 13.9. The minimum absolute atomic E-state index is 0.227. The summed E-state index contributed by atoms with van der Waals surface area (Å²) in [6, 6.07) is 9.06. The first kappa shape index (κ1) is 21.1. The molecular weight excluding hydrogens is 404 g/mol. The van der Waals surface area contributed by atoms with Gasteiger partial charge in [0.15, 0.2) is 0 Å². The maximum Gasteiger partial charge on any atom is 0.416 e. The van der Waals surface area contributed by atoms with Gasteiger partial charge in [-0.25, -0.2) is 0 Å². The van der Waals surface area contributed by atoms with E-state index in [1.54, 1.807) is 0 Å². The van der Waals surface area contributed by atoms with Crippen LogP contribution in [0, 0.1) is 0 Å². The molecule has 0 aliphatic rings. The number of halogens is 5. The van der Waals surface area contributed by atoms with Crippen molar-refractivity contribution in [2.75, 3.05) is 13.1 Å². The third kappa shape index (κ3) is 6.45. The molecule has 2 N–H and O–H groups in total. The van der Waals surface area contributed by atoms with Crippen molar-refractivity contribution in [2.24, 2.45) is 0 Å². The second-order valence-corrected chi connectivity index (χ2v) is 6.42. The van der Waals surface area contributed by atoms with Crippen molar-refractivity contribution >= 4 is 35.0 Å². The van der Waals surface area contributed by atoms with Gasteiger partial charge in [-0.1, -0.05) is 35.3 Å². The van der Waals surface area contributed by atoms with Crippen LogP contribution in [0.15, 0.2) is 42.5 Å². The van der Waals surface area contributed by atoms with Gasteiger partial charge in [0.05, 0.1) is 22.2 Å². The number of carbonyl (C=O) groups is 2. The van der Waals surface area contributed by atoms with E-state index in [-0.39, 0.29) is 23.7 Å². The van der Waals surface area contributed by atoms with Crippen LogP contribution in [0.25, 0.3) is 0 Å². The fourth-order valence-corrected chi connectivity index (χ4v) is 2.47. The Hall–Kier alpha value is -2.25. The molecule has 0 aromatic heterocycles. The van der Waals surface area contributed by atoms with Gasteiger partial charge in [-0.05, 0) is 42.3 Å². The van der Waals surface area contributed by atoms with Crippen molar-refractivity contribution in [3.8, 4) is 0 Å². The standard InChI is InChI=1S/C18H15Cl2F3N2O2/c19-14-6-3-12(9-15(14)20)17(27)25-10-16(26)24-8-7-11-1-4-13(5-2-11)18(21,22)23/h1-6,9H,7-8,10H2,(H,24,26)(H,25,27). The highest BCUT2D eigenvalue weighted by atomic mass is 35.5. The van der Waals surface area contributed by atoms with Gasteiger partial charge in [-0.2, -0.15) is 13.2 Å². The molecule has 27 heavy (non-hydrogen) atoms. The number of rotatable bonds is 6. The van der Waals surface area contributed by atoms with E-state index < -0.39 is 23.6 Å². The SMILES string of the molecule is O=C(CNC(=O)c1ccc(Cl)c(Cl)c1)NCCc1ccc(C(F)(F)F)cc1. The highest BCUT2D eigenvalue weighted by Gasteiger charge is 2.29. The topological polar surface area (TPSA) is 58.2 Å². The van der Waals surface area contributed by atoms with Crippen molar-refractivity contribution in [1.29, 1.82) is 0 Å². The molecule has 2 amide bonds. The Balaban J connectivity index is 1.74. The Morgan fingerprint density at radius 2 is 1.59 bits per heavy atom. The van der Waals surface area contributed by atoms with E-state index in [0.29, 0.717) is 17.0 Å². The molecule has 0 atom stereocenters. The van der Waals surface area contributed by atoms with Crippen molar-refractivity contribution in [3.05, 3.63) is 69.2 Å². The van der Waals surface area contributed by atoms with Gasteiger partial charge in [-0.15, -0.1) is 0 Å². The Morgan fingerprint density at radius 3 is 2.19 bits per heavy atom. The smallest absolute Gasteiger partial charge is 0.354 e. The summed E-state index contributed by atoms with van der Waals surface area (Å²) in [6.07, 6.45) is -4.01. The Bertz CT molecular complexity index is 824. The Labute approximate surface area is 163 Å². The lowest BCUT2D eigenvalue weighted by atomic mass is 10.1. The van der Waals surface area contributed by atoms with Crippen LogP contribution in [0.2, 0.25) is 10.0 Å². The zero-order valence-corrected chi connectivity index (χ0v) is 15.4. The number of hydrogen-bond donors (Lipinski definition) is 2. The first-order chi connectivity index (χ1) is 12.7. The zero-order chi connectivity index (χ0) is 20.0. The molecule has 2 aromatic carbocycles. The van der Waals surface area contributed by atoms with E-state index in [0.717, 1.165) is 12.1 Å². The van der Waals surface area contributed by atoms with Gasteiger partial charge in [0, 0.05) is 12.1 Å². The number of amides is 2. The first-order valence-corrected chi connectivity index (χ1v) is 8.58. The molecule has 144 valence electrons. The number of nitrogens with one attached hydrogen (secondary N) is 2. The van der Waals surface area contributed by atoms with E-state index in [4.69, 9.17) is 23.2 Å². The highest BCUT2D eigenvalue weighted by molar-refractivity contribution is 6.42. The van der Waals surface area contributed by atoms with Crippen molar-refractivity contribution < 1.29 is 22.8 Å². The Morgan fingerprint density at radius 1 is 0.926 bits per heavy atom. The van der Waals surface area contributed by atoms with Crippen LogP contribution >= 0.6 is 23.2 Å². The number of alkyl halides is 3. The van der Waals surface area contributed by atoms with E-state index in [1.165, 1.54) is 30.3 Å². The molecule has 0 saturated heterocycles. The van der Waals surface area contributed by atoms with E-state index >= 15 is 0 Å². The van der Waals surface area contributed by atoms with Crippen LogP contribution in [0.3, 0.4) is 0 Å². The fourth-order valence-electron chi connectivity index (χ4n) is 2.17. The molecule has 0 aliphatic carbocycles. The molecule has 9 heteroatoms. The van der Waals surface area contributed by atoms with Crippen molar-refractivity contribution in [1.82, 2.24) is 10.6 Å². The number of hydrogen-bond acceptors (Lipinski definition) is 2. The number of benzene rings is 2. The van der Waals surface area contributed by atoms with Crippen LogP contribution in [-0.4, -0.2) is 24.9 Å². The lowest BCUT2D eigenvalue weighted by molar-refractivity contribution is -0.137. The normalized spacial score (nSPS) is 11.1. The molecule has 0 radical (unpaired) electrons. The summed E-state index contributed by atoms with van der Waals surface area (Å²) in [4.78, 5) is 23.7. The summed E-state index contributed by atoms with van der Waals surface area (Å²) in [5.41, 5.74) is 0.199. The van der Waals surface area contributed by atoms with Gasteiger partial charge in [0.1, 0.15) is 0 Å². The molecule has 0 spiro atoms. The molecule has 0 heterocycles. The lowest BCUT2D eigenvalue weighted by Gasteiger charge is -2.09. The summed E-state index contributed by atoms with van der Waals surface area (Å²) in [7, 11) is 0. The molecule has 0 aliphatic heterocycles. The van der Waals surface area contributed by atoms with E-state index in [1.807, 2.05) is 0 Å². The van der Waals surface area contributed by atoms with E-state index in [9.17, 15) is 22.8 Å². The maximum atomic E-state index is 12.5. The third-order valence-electron chi connectivity index (χ3n) is 3.61. The minimum Gasteiger partial charge on any atom is -0.354 e. The summed E-state index contributed by atoms with van der Waals surface area (Å²) >= 11 is 11.6. The second-order valence-electron chi connectivity index (χ2n) is 5.61. The summed E-state index contributed by atoms with van der Waals surface area (Å²) in [6.45, 7) is -0.0149. The molecule has 2 aromatic rings. The molecular formula is C18H15Cl2F3N2O2. The summed E-state index contributed by atoms with van der Waals surface area (Å²) in [5, 5.41) is 5.56. The van der Waals surface area contributed by atoms with Crippen LogP contribution in [0.5, 0.6) is 0 Å². The molecule has 0 saturated carbocycles. The third-order valence-corrected chi connectivity index (χ3v) is 4.35. The monoisotopic (exact) mass is 418 g/mol. The van der Waals surface area contributed by atoms with Gasteiger partial charge in [-0.3, -0.25) is 9.59 Å². The predicted octanol–water partition coefficient (Wildman–Crippen LogP) is 4.10. The van der Waals surface area contributed by atoms with Crippen LogP contribution in [0.4, 0.5) is 13.2 Å². The second kappa shape index (κ2) is 9.10. The van der Waals surface area contributed by atoms with Gasteiger partial charge in [0.25, 0.3) is 5.91 Å². The van der Waals surface area contributed by atoms with Gasteiger partial charge >= 0.3 is 6.18 Å². The highest BCUT2D eigenvalue weighted by Crippen LogP contribution is 2.29. The van der Waals surface area contributed by atoms with Crippen LogP contribution < -0.4 is 10.6 Å². The minimum atomic E-state index is -4.38. The van der Waals surface area contributed by atoms with Crippen LogP contribution in [0.1, 0.15) is 21.5 Å². The first-order valence-electron chi connectivity index (χ1n) is 7.83. The molecule has 4 nitrogen and oxygen atoms in total. The summed E-state index contributed by atoms with van der Waals surface area (Å²) in [5.74, 6) is -0.901. The van der Waals surface area contributed by atoms with Gasteiger partial charge < -0.3 is 10.6 Å². The molecule has 0 fully saturated rings. The van der Waals surface area contributed by atoms with Gasteiger partial charge in [0.2, 0.25) is 5.91 Å². The molecule has 0 bridgehead atoms. The van der Waals surface area contributed by atoms with Crippen LogP contribution in [-0.2, 0) is 17.4 Å². The lowest BCUT2D eigenvalue weighted by Crippen LogP contribution is -2.37. The maximum absolute atomic E-state index is 12.5. The average molecular weight is 419 g/mol. The van der Waals surface area contributed by atoms with Crippen molar-refractivity contribution in [3.63, 3.8) is 0 Å². The Kier molecular flexibility index (Phi) is 7.10. The molecule has 0 unspecified atom stereocenters. The largest absolute Gasteiger partial charge is 0.416 e. The molecule has 2 rings (SSSR count). The van der Waals surface area contributed by atoms with E-state index in [2.05, 4.69) is 10.6 Å². The number of carbonyl (C=O) groups excluding carboxylic acids is 2. The fraction of sp³-hybridized carbons (Fsp3) is 0.222. The summed E-state index contributed by atoms with van der Waals surface area (Å²) < 4.78 is 37.5. The predicted molar refractivity (Wildman–Crippen MR) is 97.0 cm³/mol.